The van der Waals surface area contributed by atoms with E-state index in [1.807, 2.05) is 41.1 Å². The summed E-state index contributed by atoms with van der Waals surface area (Å²) in [7, 11) is 0. The highest BCUT2D eigenvalue weighted by Gasteiger charge is 2.48. The molecule has 6 rings (SSSR count). The number of nitrogens with zero attached hydrogens (tertiary/aromatic N) is 6. The average Bonchev–Trinajstić information content (AvgIpc) is 3.63. The molecule has 7 nitrogen and oxygen atoms in total. The number of allylic oxidation sites excluding steroid dienone is 3. The van der Waals surface area contributed by atoms with Gasteiger partial charge < -0.3 is 9.80 Å². The Labute approximate surface area is 192 Å². The second-order valence-electron chi connectivity index (χ2n) is 8.56. The fourth-order valence-electron chi connectivity index (χ4n) is 5.15. The fraction of sp³-hybridized carbons (Fsp3) is 0.333. The molecule has 0 unspecified atom stereocenters. The molecule has 32 heavy (non-hydrogen) atoms. The maximum Gasteiger partial charge on any atom is 0.256 e. The lowest BCUT2D eigenvalue weighted by Crippen LogP contribution is -2.60. The Balaban J connectivity index is 1.17. The quantitative estimate of drug-likeness (QED) is 0.675. The zero-order valence-electron chi connectivity index (χ0n) is 18.0. The van der Waals surface area contributed by atoms with Crippen molar-refractivity contribution in [1.29, 1.82) is 0 Å². The molecule has 4 aliphatic heterocycles. The number of hydrogen-bond donors (Lipinski definition) is 0. The summed E-state index contributed by atoms with van der Waals surface area (Å²) in [4.78, 5) is 22.0. The summed E-state index contributed by atoms with van der Waals surface area (Å²) >= 11 is 1.84. The molecule has 0 saturated carbocycles. The summed E-state index contributed by atoms with van der Waals surface area (Å²) in [5, 5.41) is 2.51. The first-order chi connectivity index (χ1) is 15.7. The number of amides is 1. The van der Waals surface area contributed by atoms with E-state index in [0.29, 0.717) is 4.59 Å². The summed E-state index contributed by atoms with van der Waals surface area (Å²) in [6, 6.07) is 10.3. The van der Waals surface area contributed by atoms with Crippen molar-refractivity contribution in [3.05, 3.63) is 78.4 Å². The number of carbonyl (C=O) groups excluding carboxylic acids is 1. The highest BCUT2D eigenvalue weighted by molar-refractivity contribution is 7.99. The van der Waals surface area contributed by atoms with Crippen LogP contribution in [-0.2, 0) is 4.79 Å². The molecule has 0 aliphatic carbocycles. The number of thioether (sulfide) groups is 1. The van der Waals surface area contributed by atoms with Gasteiger partial charge in [0.1, 0.15) is 24.4 Å². The molecule has 1 atom stereocenters. The molecule has 0 N–H and O–H groups in total. The molecular weight excluding hydrogens is 420 g/mol. The number of rotatable bonds is 4. The fourth-order valence-corrected chi connectivity index (χ4v) is 6.10. The predicted octanol–water partition coefficient (Wildman–Crippen LogP) is 2.61. The van der Waals surface area contributed by atoms with Crippen LogP contribution in [0.1, 0.15) is 0 Å². The van der Waals surface area contributed by atoms with Crippen LogP contribution in [-0.4, -0.2) is 80.9 Å². The average molecular weight is 448 g/mol. The van der Waals surface area contributed by atoms with Crippen LogP contribution in [0.2, 0.25) is 0 Å². The van der Waals surface area contributed by atoms with Crippen molar-refractivity contribution in [2.24, 2.45) is 0 Å². The van der Waals surface area contributed by atoms with Crippen LogP contribution in [0, 0.1) is 0 Å². The summed E-state index contributed by atoms with van der Waals surface area (Å²) < 4.78 is 2.82. The zero-order valence-corrected chi connectivity index (χ0v) is 18.8. The number of fused-ring (bicyclic) bond motifs is 1. The summed E-state index contributed by atoms with van der Waals surface area (Å²) in [6.45, 7) is 5.33. The molecule has 6 heterocycles. The molecule has 2 aromatic heterocycles. The van der Waals surface area contributed by atoms with Crippen LogP contribution in [0.5, 0.6) is 0 Å². The van der Waals surface area contributed by atoms with Crippen molar-refractivity contribution in [2.75, 3.05) is 55.8 Å². The first-order valence-corrected chi connectivity index (χ1v) is 12.3. The first-order valence-electron chi connectivity index (χ1n) is 11.2. The van der Waals surface area contributed by atoms with Crippen molar-refractivity contribution in [2.45, 2.75) is 0 Å². The topological polar surface area (TPSA) is 44.6 Å². The van der Waals surface area contributed by atoms with E-state index < -0.39 is 0 Å². The molecule has 0 aromatic carbocycles. The zero-order chi connectivity index (χ0) is 21.5. The van der Waals surface area contributed by atoms with Gasteiger partial charge >= 0.3 is 0 Å². The van der Waals surface area contributed by atoms with Crippen molar-refractivity contribution < 1.29 is 9.39 Å². The van der Waals surface area contributed by atoms with Crippen LogP contribution >= 0.6 is 11.8 Å². The van der Waals surface area contributed by atoms with Gasteiger partial charge in [0.15, 0.2) is 5.70 Å². The smallest absolute Gasteiger partial charge is 0.256 e. The summed E-state index contributed by atoms with van der Waals surface area (Å²) in [5.41, 5.74) is 2.15. The first kappa shape index (κ1) is 19.8. The van der Waals surface area contributed by atoms with Gasteiger partial charge in [-0.05, 0) is 30.3 Å². The van der Waals surface area contributed by atoms with E-state index in [4.69, 9.17) is 0 Å². The van der Waals surface area contributed by atoms with Crippen molar-refractivity contribution in [1.82, 2.24) is 19.5 Å². The Hall–Kier alpha value is -2.81. The minimum absolute atomic E-state index is 0.211. The van der Waals surface area contributed by atoms with E-state index >= 15 is 0 Å². The van der Waals surface area contributed by atoms with Gasteiger partial charge in [0.25, 0.3) is 5.91 Å². The third-order valence-corrected chi connectivity index (χ3v) is 7.77. The van der Waals surface area contributed by atoms with Gasteiger partial charge in [-0.2, -0.15) is 4.59 Å². The maximum absolute atomic E-state index is 13.0. The number of anilines is 1. The number of quaternary nitrogens is 1. The van der Waals surface area contributed by atoms with Gasteiger partial charge in [-0.1, -0.05) is 6.07 Å². The van der Waals surface area contributed by atoms with Crippen LogP contribution < -0.4 is 4.90 Å². The van der Waals surface area contributed by atoms with Crippen LogP contribution in [0.15, 0.2) is 78.4 Å². The Kier molecular flexibility index (Phi) is 4.93. The lowest BCUT2D eigenvalue weighted by Gasteiger charge is -2.44. The Bertz CT molecular complexity index is 1110. The SMILES string of the molecule is O=C(C1=CC2=CC=C[N@@+]2(N2CCN(c3cccn3-c3ccccn3)CC2)C1)N1CCSC1. The molecule has 2 aromatic rings. The largest absolute Gasteiger partial charge is 0.355 e. The number of carbonyl (C=O) groups is 1. The minimum Gasteiger partial charge on any atom is -0.355 e. The Morgan fingerprint density at radius 3 is 2.75 bits per heavy atom. The van der Waals surface area contributed by atoms with Crippen LogP contribution in [0.4, 0.5) is 5.82 Å². The van der Waals surface area contributed by atoms with E-state index in [1.54, 1.807) is 0 Å². The van der Waals surface area contributed by atoms with Crippen LogP contribution in [0.25, 0.3) is 5.82 Å². The lowest BCUT2D eigenvalue weighted by atomic mass is 10.2. The molecule has 4 aliphatic rings. The van der Waals surface area contributed by atoms with Gasteiger partial charge in [-0.25, -0.2) is 4.98 Å². The monoisotopic (exact) mass is 447 g/mol. The predicted molar refractivity (Wildman–Crippen MR) is 127 cm³/mol. The molecule has 2 fully saturated rings. The minimum atomic E-state index is 0.211. The lowest BCUT2D eigenvalue weighted by molar-refractivity contribution is -0.948. The van der Waals surface area contributed by atoms with Gasteiger partial charge in [-0.3, -0.25) is 9.36 Å². The van der Waals surface area contributed by atoms with Crippen molar-refractivity contribution in [3.63, 3.8) is 0 Å². The number of pyridine rings is 1. The molecule has 2 saturated heterocycles. The van der Waals surface area contributed by atoms with Crippen molar-refractivity contribution >= 4 is 23.5 Å². The maximum atomic E-state index is 13.0. The van der Waals surface area contributed by atoms with E-state index in [1.165, 1.54) is 11.5 Å². The highest BCUT2D eigenvalue weighted by atomic mass is 32.2. The van der Waals surface area contributed by atoms with Crippen LogP contribution in [0.3, 0.4) is 0 Å². The van der Waals surface area contributed by atoms with Crippen molar-refractivity contribution in [3.8, 4) is 5.82 Å². The highest BCUT2D eigenvalue weighted by Crippen LogP contribution is 2.38. The van der Waals surface area contributed by atoms with Gasteiger partial charge in [0.2, 0.25) is 0 Å². The van der Waals surface area contributed by atoms with E-state index in [9.17, 15) is 4.79 Å². The molecule has 164 valence electrons. The molecule has 0 radical (unpaired) electrons. The van der Waals surface area contributed by atoms with E-state index in [2.05, 4.69) is 62.2 Å². The second kappa shape index (κ2) is 7.95. The third kappa shape index (κ3) is 3.21. The van der Waals surface area contributed by atoms with E-state index in [-0.39, 0.29) is 5.91 Å². The molecular formula is C24H27N6OS+. The molecule has 0 spiro atoms. The molecule has 0 bridgehead atoms. The summed E-state index contributed by atoms with van der Waals surface area (Å²) in [5.74, 6) is 4.20. The Morgan fingerprint density at radius 2 is 1.97 bits per heavy atom. The normalized spacial score (nSPS) is 25.2. The van der Waals surface area contributed by atoms with Gasteiger partial charge in [-0.15, -0.1) is 16.8 Å². The Morgan fingerprint density at radius 1 is 1.06 bits per heavy atom. The second-order valence-corrected chi connectivity index (χ2v) is 9.63. The standard InChI is InChI=1S/C24H27N6OS/c31-24(27-14-16-32-19-27)20-17-21-5-4-15-30(21,18-20)28-12-10-26(11-13-28)23-7-3-9-29(23)22-6-1-2-8-25-22/h1-9,15,17H,10-14,16,18-19H2/q+1/t30-/m1/s1. The number of aromatic nitrogens is 2. The summed E-state index contributed by atoms with van der Waals surface area (Å²) in [6.07, 6.45) is 12.6. The third-order valence-electron chi connectivity index (χ3n) is 6.80. The molecule has 1 amide bonds. The van der Waals surface area contributed by atoms with E-state index in [0.717, 1.165) is 62.3 Å². The van der Waals surface area contributed by atoms with Gasteiger partial charge in [0, 0.05) is 49.9 Å². The number of hydrogen-bond acceptors (Lipinski definition) is 5. The number of piperazine rings is 1. The molecule has 8 heteroatoms. The van der Waals surface area contributed by atoms with Gasteiger partial charge in [0.05, 0.1) is 24.5 Å².